The Bertz CT molecular complexity index is 113. The fourth-order valence-corrected chi connectivity index (χ4v) is 0.600. The van der Waals surface area contributed by atoms with Crippen LogP contribution in [0.1, 0.15) is 13.3 Å². The number of aliphatic hydroxyl groups excluding tert-OH is 2. The van der Waals surface area contributed by atoms with Crippen LogP contribution in [0, 0.1) is 5.92 Å². The molecular weight excluding hydrogens is 148 g/mol. The monoisotopic (exact) mass is 162 g/mol. The summed E-state index contributed by atoms with van der Waals surface area (Å²) < 4.78 is 4.61. The summed E-state index contributed by atoms with van der Waals surface area (Å²) in [4.78, 5) is 10.8. The largest absolute Gasteiger partial charge is 0.463 e. The van der Waals surface area contributed by atoms with Gasteiger partial charge in [-0.15, -0.1) is 0 Å². The molecule has 4 nitrogen and oxygen atoms in total. The van der Waals surface area contributed by atoms with Gasteiger partial charge < -0.3 is 14.9 Å². The molecule has 66 valence electrons. The lowest BCUT2D eigenvalue weighted by molar-refractivity contribution is -0.149. The number of carbonyl (C=O) groups is 1. The average Bonchev–Trinajstić information content (AvgIpc) is 2.00. The first kappa shape index (κ1) is 10.4. The number of aliphatic hydroxyl groups is 2. The van der Waals surface area contributed by atoms with Gasteiger partial charge in [0.25, 0.3) is 0 Å². The Labute approximate surface area is 65.8 Å². The highest BCUT2D eigenvalue weighted by atomic mass is 16.5. The summed E-state index contributed by atoms with van der Waals surface area (Å²) in [7, 11) is 0. The fourth-order valence-electron chi connectivity index (χ4n) is 0.600. The molecule has 0 aromatic rings. The van der Waals surface area contributed by atoms with Crippen molar-refractivity contribution >= 4 is 5.97 Å². The molecule has 0 saturated carbocycles. The van der Waals surface area contributed by atoms with Crippen LogP contribution in [-0.4, -0.2) is 36.0 Å². The topological polar surface area (TPSA) is 66.8 Å². The zero-order valence-corrected chi connectivity index (χ0v) is 6.62. The molecule has 0 bridgehead atoms. The number of ether oxygens (including phenoxy) is 1. The Morgan fingerprint density at radius 1 is 1.45 bits per heavy atom. The van der Waals surface area contributed by atoms with Crippen LogP contribution in [0.4, 0.5) is 0 Å². The maximum Gasteiger partial charge on any atom is 0.308 e. The summed E-state index contributed by atoms with van der Waals surface area (Å²) in [5.74, 6) is -0.653. The van der Waals surface area contributed by atoms with Crippen molar-refractivity contribution in [1.82, 2.24) is 0 Å². The third kappa shape index (κ3) is 4.75. The Hall–Kier alpha value is -0.610. The zero-order chi connectivity index (χ0) is 8.69. The Kier molecular flexibility index (Phi) is 5.78. The van der Waals surface area contributed by atoms with Gasteiger partial charge in [0.05, 0.1) is 12.5 Å². The summed E-state index contributed by atoms with van der Waals surface area (Å²) in [6.07, 6.45) is 0.407. The quantitative estimate of drug-likeness (QED) is 0.537. The summed E-state index contributed by atoms with van der Waals surface area (Å²) in [5, 5.41) is 16.8. The van der Waals surface area contributed by atoms with Crippen molar-refractivity contribution in [3.63, 3.8) is 0 Å². The Balaban J connectivity index is 3.47. The lowest BCUT2D eigenvalue weighted by Crippen LogP contribution is -2.17. The molecule has 1 atom stereocenters. The zero-order valence-electron chi connectivity index (χ0n) is 6.62. The van der Waals surface area contributed by atoms with E-state index in [2.05, 4.69) is 4.74 Å². The lowest BCUT2D eigenvalue weighted by Gasteiger charge is -2.08. The van der Waals surface area contributed by atoms with Crippen molar-refractivity contribution in [2.45, 2.75) is 13.3 Å². The van der Waals surface area contributed by atoms with E-state index < -0.39 is 0 Å². The van der Waals surface area contributed by atoms with Gasteiger partial charge in [-0.1, -0.05) is 6.92 Å². The molecular formula is C7H14O4. The molecule has 0 aliphatic carbocycles. The first-order chi connectivity index (χ1) is 5.22. The molecule has 0 aliphatic heterocycles. The van der Waals surface area contributed by atoms with Gasteiger partial charge in [0.1, 0.15) is 6.61 Å². The summed E-state index contributed by atoms with van der Waals surface area (Å²) in [6, 6.07) is 0. The van der Waals surface area contributed by atoms with Gasteiger partial charge in [-0.25, -0.2) is 0 Å². The van der Waals surface area contributed by atoms with Crippen LogP contribution < -0.4 is 0 Å². The minimum atomic E-state index is -0.367. The van der Waals surface area contributed by atoms with Gasteiger partial charge >= 0.3 is 5.97 Å². The molecule has 4 heteroatoms. The van der Waals surface area contributed by atoms with E-state index in [0.29, 0.717) is 6.42 Å². The number of carbonyl (C=O) groups excluding carboxylic acids is 1. The second kappa shape index (κ2) is 6.12. The molecule has 0 amide bonds. The second-order valence-corrected chi connectivity index (χ2v) is 2.30. The van der Waals surface area contributed by atoms with Crippen molar-refractivity contribution in [1.29, 1.82) is 0 Å². The Morgan fingerprint density at radius 3 is 2.55 bits per heavy atom. The van der Waals surface area contributed by atoms with E-state index in [0.717, 1.165) is 0 Å². The molecule has 0 saturated heterocycles. The molecule has 0 rings (SSSR count). The van der Waals surface area contributed by atoms with Crippen molar-refractivity contribution in [2.24, 2.45) is 5.92 Å². The van der Waals surface area contributed by atoms with E-state index in [1.165, 1.54) is 0 Å². The van der Waals surface area contributed by atoms with Crippen LogP contribution in [0.3, 0.4) is 0 Å². The highest BCUT2D eigenvalue weighted by Crippen LogP contribution is 2.02. The molecule has 0 fully saturated rings. The van der Waals surface area contributed by atoms with Crippen molar-refractivity contribution < 1.29 is 19.7 Å². The minimum Gasteiger partial charge on any atom is -0.463 e. The first-order valence-electron chi connectivity index (χ1n) is 3.60. The molecule has 0 spiro atoms. The third-order valence-electron chi connectivity index (χ3n) is 1.30. The van der Waals surface area contributed by atoms with E-state index in [-0.39, 0.29) is 31.7 Å². The van der Waals surface area contributed by atoms with E-state index in [4.69, 9.17) is 10.2 Å². The molecule has 1 unspecified atom stereocenters. The van der Waals surface area contributed by atoms with E-state index in [9.17, 15) is 4.79 Å². The number of hydrogen-bond acceptors (Lipinski definition) is 4. The maximum absolute atomic E-state index is 10.8. The Morgan fingerprint density at radius 2 is 2.09 bits per heavy atom. The van der Waals surface area contributed by atoms with E-state index in [1.807, 2.05) is 0 Å². The number of hydrogen-bond donors (Lipinski definition) is 2. The third-order valence-corrected chi connectivity index (χ3v) is 1.30. The molecule has 11 heavy (non-hydrogen) atoms. The molecule has 0 aromatic heterocycles. The van der Waals surface area contributed by atoms with Gasteiger partial charge in [0, 0.05) is 6.61 Å². The highest BCUT2D eigenvalue weighted by molar-refractivity contribution is 5.71. The highest BCUT2D eigenvalue weighted by Gasteiger charge is 2.12. The van der Waals surface area contributed by atoms with Gasteiger partial charge in [0.2, 0.25) is 0 Å². The normalized spacial score (nSPS) is 12.6. The number of esters is 1. The minimum absolute atomic E-state index is 0.0185. The van der Waals surface area contributed by atoms with Gasteiger partial charge in [-0.2, -0.15) is 0 Å². The van der Waals surface area contributed by atoms with E-state index in [1.54, 1.807) is 6.92 Å². The van der Waals surface area contributed by atoms with Gasteiger partial charge in [-0.05, 0) is 6.42 Å². The van der Waals surface area contributed by atoms with E-state index >= 15 is 0 Å². The van der Waals surface area contributed by atoms with Crippen LogP contribution in [0.15, 0.2) is 0 Å². The SMILES string of the molecule is CC(CCO)C(=O)OCCO. The van der Waals surface area contributed by atoms with Crippen LogP contribution in [-0.2, 0) is 9.53 Å². The smallest absolute Gasteiger partial charge is 0.308 e. The predicted molar refractivity (Wildman–Crippen MR) is 38.9 cm³/mol. The average molecular weight is 162 g/mol. The van der Waals surface area contributed by atoms with Gasteiger partial charge in [0.15, 0.2) is 0 Å². The van der Waals surface area contributed by atoms with Crippen LogP contribution in [0.25, 0.3) is 0 Å². The summed E-state index contributed by atoms with van der Waals surface area (Å²) in [5.41, 5.74) is 0. The van der Waals surface area contributed by atoms with Crippen molar-refractivity contribution in [3.8, 4) is 0 Å². The second-order valence-electron chi connectivity index (χ2n) is 2.30. The van der Waals surface area contributed by atoms with Gasteiger partial charge in [-0.3, -0.25) is 4.79 Å². The standard InChI is InChI=1S/C7H14O4/c1-6(2-3-8)7(10)11-5-4-9/h6,8-9H,2-5H2,1H3. The molecule has 2 N–H and O–H groups in total. The summed E-state index contributed by atoms with van der Waals surface area (Å²) in [6.45, 7) is 1.54. The number of rotatable bonds is 5. The first-order valence-corrected chi connectivity index (χ1v) is 3.60. The van der Waals surface area contributed by atoms with Crippen LogP contribution in [0.5, 0.6) is 0 Å². The van der Waals surface area contributed by atoms with Crippen molar-refractivity contribution in [2.75, 3.05) is 19.8 Å². The maximum atomic E-state index is 10.8. The molecule has 0 aromatic carbocycles. The molecule has 0 aliphatic rings. The molecule has 0 heterocycles. The van der Waals surface area contributed by atoms with Crippen molar-refractivity contribution in [3.05, 3.63) is 0 Å². The lowest BCUT2D eigenvalue weighted by atomic mass is 10.1. The molecule has 0 radical (unpaired) electrons. The fraction of sp³-hybridized carbons (Fsp3) is 0.857. The summed E-state index contributed by atoms with van der Waals surface area (Å²) >= 11 is 0. The van der Waals surface area contributed by atoms with Crippen LogP contribution >= 0.6 is 0 Å². The van der Waals surface area contributed by atoms with Crippen LogP contribution in [0.2, 0.25) is 0 Å². The predicted octanol–water partition coefficient (Wildman–Crippen LogP) is -0.460.